The molecule has 0 amide bonds. The third kappa shape index (κ3) is 2.76. The Balaban J connectivity index is 1.99. The first-order valence-corrected chi connectivity index (χ1v) is 6.15. The minimum absolute atomic E-state index is 0.638. The number of thioether (sulfide) groups is 1. The van der Waals surface area contributed by atoms with Crippen molar-refractivity contribution in [3.05, 3.63) is 36.0 Å². The van der Waals surface area contributed by atoms with E-state index in [1.807, 2.05) is 31.4 Å². The van der Waals surface area contributed by atoms with Gasteiger partial charge in [0.25, 0.3) is 0 Å². The summed E-state index contributed by atoms with van der Waals surface area (Å²) in [5, 5.41) is 4.14. The van der Waals surface area contributed by atoms with Gasteiger partial charge in [-0.25, -0.2) is 9.97 Å². The number of aryl methyl sites for hydroxylation is 1. The first-order valence-electron chi connectivity index (χ1n) is 4.93. The van der Waals surface area contributed by atoms with E-state index in [2.05, 4.69) is 15.3 Å². The van der Waals surface area contributed by atoms with E-state index in [4.69, 9.17) is 4.42 Å². The van der Waals surface area contributed by atoms with Gasteiger partial charge in [0.2, 0.25) is 0 Å². The molecule has 2 aromatic heterocycles. The van der Waals surface area contributed by atoms with Gasteiger partial charge in [0.1, 0.15) is 28.7 Å². The molecule has 0 aliphatic carbocycles. The number of anilines is 1. The molecule has 16 heavy (non-hydrogen) atoms. The smallest absolute Gasteiger partial charge is 0.130 e. The maximum absolute atomic E-state index is 5.45. The summed E-state index contributed by atoms with van der Waals surface area (Å²) in [6, 6.07) is 5.82. The molecule has 2 rings (SSSR count). The van der Waals surface area contributed by atoms with Crippen LogP contribution in [0, 0.1) is 6.92 Å². The lowest BCUT2D eigenvalue weighted by Gasteiger charge is -2.03. The molecule has 0 fully saturated rings. The van der Waals surface area contributed by atoms with E-state index in [-0.39, 0.29) is 0 Å². The molecule has 0 atom stereocenters. The number of aromatic nitrogens is 2. The zero-order valence-corrected chi connectivity index (χ0v) is 10.0. The predicted octanol–water partition coefficient (Wildman–Crippen LogP) is 2.71. The van der Waals surface area contributed by atoms with Crippen LogP contribution < -0.4 is 5.32 Å². The van der Waals surface area contributed by atoms with Gasteiger partial charge in [0.05, 0.1) is 6.54 Å². The molecule has 0 aliphatic heterocycles. The minimum atomic E-state index is 0.638. The van der Waals surface area contributed by atoms with Crippen LogP contribution in [-0.2, 0) is 6.54 Å². The van der Waals surface area contributed by atoms with E-state index >= 15 is 0 Å². The average Bonchev–Trinajstić information content (AvgIpc) is 2.73. The second-order valence-corrected chi connectivity index (χ2v) is 4.14. The summed E-state index contributed by atoms with van der Waals surface area (Å²) in [6.07, 6.45) is 3.55. The molecule has 0 radical (unpaired) electrons. The lowest BCUT2D eigenvalue weighted by atomic mass is 10.4. The topological polar surface area (TPSA) is 51.0 Å². The van der Waals surface area contributed by atoms with E-state index in [0.29, 0.717) is 6.54 Å². The van der Waals surface area contributed by atoms with Gasteiger partial charge in [-0.1, -0.05) is 0 Å². The van der Waals surface area contributed by atoms with E-state index in [0.717, 1.165) is 22.4 Å². The summed E-state index contributed by atoms with van der Waals surface area (Å²) < 4.78 is 5.45. The van der Waals surface area contributed by atoms with Gasteiger partial charge in [0.15, 0.2) is 0 Å². The van der Waals surface area contributed by atoms with Crippen molar-refractivity contribution in [2.45, 2.75) is 18.5 Å². The van der Waals surface area contributed by atoms with Crippen molar-refractivity contribution in [1.29, 1.82) is 0 Å². The molecule has 1 N–H and O–H groups in total. The second kappa shape index (κ2) is 5.03. The van der Waals surface area contributed by atoms with Crippen molar-refractivity contribution in [3.63, 3.8) is 0 Å². The van der Waals surface area contributed by atoms with Crippen LogP contribution in [0.3, 0.4) is 0 Å². The van der Waals surface area contributed by atoms with Crippen LogP contribution in [0.25, 0.3) is 0 Å². The highest BCUT2D eigenvalue weighted by Crippen LogP contribution is 2.14. The molecule has 2 heterocycles. The third-order valence-corrected chi connectivity index (χ3v) is 2.73. The largest absolute Gasteiger partial charge is 0.465 e. The fraction of sp³-hybridized carbons (Fsp3) is 0.273. The fourth-order valence-corrected chi connectivity index (χ4v) is 1.69. The first kappa shape index (κ1) is 11.0. The Morgan fingerprint density at radius 3 is 2.94 bits per heavy atom. The van der Waals surface area contributed by atoms with E-state index in [1.54, 1.807) is 18.1 Å². The van der Waals surface area contributed by atoms with Crippen LogP contribution in [0.4, 0.5) is 5.82 Å². The quantitative estimate of drug-likeness (QED) is 0.652. The maximum Gasteiger partial charge on any atom is 0.130 e. The van der Waals surface area contributed by atoms with Crippen LogP contribution >= 0.6 is 11.8 Å². The monoisotopic (exact) mass is 235 g/mol. The molecule has 0 unspecified atom stereocenters. The number of furan rings is 1. The standard InChI is InChI=1S/C11H13N3OS/c1-8-3-4-9(15-8)6-12-10-5-11(16-2)14-7-13-10/h3-5,7H,6H2,1-2H3,(H,12,13,14). The molecule has 0 saturated carbocycles. The van der Waals surface area contributed by atoms with Crippen molar-refractivity contribution in [3.8, 4) is 0 Å². The summed E-state index contributed by atoms with van der Waals surface area (Å²) in [5.74, 6) is 2.64. The Hall–Kier alpha value is -1.49. The molecule has 84 valence electrons. The van der Waals surface area contributed by atoms with Crippen molar-refractivity contribution in [1.82, 2.24) is 9.97 Å². The maximum atomic E-state index is 5.45. The van der Waals surface area contributed by atoms with Gasteiger partial charge < -0.3 is 9.73 Å². The molecule has 0 bridgehead atoms. The van der Waals surface area contributed by atoms with Crippen molar-refractivity contribution in [2.75, 3.05) is 11.6 Å². The SMILES string of the molecule is CSc1cc(NCc2ccc(C)o2)ncn1. The number of rotatable bonds is 4. The lowest BCUT2D eigenvalue weighted by molar-refractivity contribution is 0.490. The van der Waals surface area contributed by atoms with Crippen molar-refractivity contribution in [2.24, 2.45) is 0 Å². The van der Waals surface area contributed by atoms with Crippen LogP contribution in [0.15, 0.2) is 34.0 Å². The van der Waals surface area contributed by atoms with Gasteiger partial charge in [0, 0.05) is 6.07 Å². The molecule has 2 aromatic rings. The number of nitrogens with one attached hydrogen (secondary N) is 1. The van der Waals surface area contributed by atoms with E-state index in [1.165, 1.54) is 0 Å². The summed E-state index contributed by atoms with van der Waals surface area (Å²) in [5.41, 5.74) is 0. The Kier molecular flexibility index (Phi) is 3.46. The van der Waals surface area contributed by atoms with Gasteiger partial charge in [-0.2, -0.15) is 0 Å². The van der Waals surface area contributed by atoms with Crippen molar-refractivity contribution < 1.29 is 4.42 Å². The molecule has 0 saturated heterocycles. The molecule has 0 aliphatic rings. The van der Waals surface area contributed by atoms with E-state index < -0.39 is 0 Å². The Bertz CT molecular complexity index is 470. The van der Waals surface area contributed by atoms with Crippen molar-refractivity contribution >= 4 is 17.6 Å². The van der Waals surface area contributed by atoms with Gasteiger partial charge in [-0.15, -0.1) is 11.8 Å². The van der Waals surface area contributed by atoms with Crippen LogP contribution in [-0.4, -0.2) is 16.2 Å². The Morgan fingerprint density at radius 1 is 1.38 bits per heavy atom. The zero-order valence-electron chi connectivity index (χ0n) is 9.23. The summed E-state index contributed by atoms with van der Waals surface area (Å²) >= 11 is 1.59. The second-order valence-electron chi connectivity index (χ2n) is 3.31. The Labute approximate surface area is 98.5 Å². The molecular formula is C11H13N3OS. The lowest BCUT2D eigenvalue weighted by Crippen LogP contribution is -2.00. The van der Waals surface area contributed by atoms with E-state index in [9.17, 15) is 0 Å². The molecule has 0 aromatic carbocycles. The van der Waals surface area contributed by atoms with Gasteiger partial charge >= 0.3 is 0 Å². The molecular weight excluding hydrogens is 222 g/mol. The van der Waals surface area contributed by atoms with Crippen LogP contribution in [0.2, 0.25) is 0 Å². The average molecular weight is 235 g/mol. The number of hydrogen-bond donors (Lipinski definition) is 1. The number of nitrogens with zero attached hydrogens (tertiary/aromatic N) is 2. The minimum Gasteiger partial charge on any atom is -0.465 e. The van der Waals surface area contributed by atoms with Gasteiger partial charge in [-0.3, -0.25) is 0 Å². The molecule has 0 spiro atoms. The number of hydrogen-bond acceptors (Lipinski definition) is 5. The molecule has 4 nitrogen and oxygen atoms in total. The third-order valence-electron chi connectivity index (χ3n) is 2.09. The fourth-order valence-electron chi connectivity index (χ4n) is 1.31. The predicted molar refractivity (Wildman–Crippen MR) is 64.6 cm³/mol. The zero-order chi connectivity index (χ0) is 11.4. The van der Waals surface area contributed by atoms with Gasteiger partial charge in [-0.05, 0) is 25.3 Å². The first-order chi connectivity index (χ1) is 7.78. The summed E-state index contributed by atoms with van der Waals surface area (Å²) in [6.45, 7) is 2.57. The van der Waals surface area contributed by atoms with Crippen LogP contribution in [0.1, 0.15) is 11.5 Å². The van der Waals surface area contributed by atoms with Crippen LogP contribution in [0.5, 0.6) is 0 Å². The summed E-state index contributed by atoms with van der Waals surface area (Å²) in [7, 11) is 0. The normalized spacial score (nSPS) is 10.4. The highest BCUT2D eigenvalue weighted by molar-refractivity contribution is 7.98. The highest BCUT2D eigenvalue weighted by Gasteiger charge is 2.00. The highest BCUT2D eigenvalue weighted by atomic mass is 32.2. The Morgan fingerprint density at radius 2 is 2.25 bits per heavy atom. The summed E-state index contributed by atoms with van der Waals surface area (Å²) in [4.78, 5) is 8.24. The molecule has 5 heteroatoms.